The first-order chi connectivity index (χ1) is 11.5. The molecule has 0 saturated carbocycles. The number of nitrogens with two attached hydrogens (primary N) is 1. The summed E-state index contributed by atoms with van der Waals surface area (Å²) in [5.41, 5.74) is 8.79. The highest BCUT2D eigenvalue weighted by molar-refractivity contribution is 7.98. The lowest BCUT2D eigenvalue weighted by Gasteiger charge is -2.08. The number of pyridine rings is 1. The highest BCUT2D eigenvalue weighted by atomic mass is 32.2. The zero-order valence-corrected chi connectivity index (χ0v) is 14.3. The van der Waals surface area contributed by atoms with Gasteiger partial charge in [-0.1, -0.05) is 23.9 Å². The van der Waals surface area contributed by atoms with E-state index in [9.17, 15) is 4.79 Å². The summed E-state index contributed by atoms with van der Waals surface area (Å²) >= 11 is 1.53. The average molecular weight is 342 g/mol. The molecular formula is C17H18N4O2S. The molecule has 2 aromatic heterocycles. The van der Waals surface area contributed by atoms with Crippen LogP contribution in [0.3, 0.4) is 0 Å². The third-order valence-electron chi connectivity index (χ3n) is 3.27. The van der Waals surface area contributed by atoms with Crippen molar-refractivity contribution in [2.24, 2.45) is 0 Å². The van der Waals surface area contributed by atoms with Gasteiger partial charge in [0.25, 0.3) is 0 Å². The van der Waals surface area contributed by atoms with Crippen LogP contribution in [-0.2, 0) is 10.5 Å². The van der Waals surface area contributed by atoms with Crippen molar-refractivity contribution in [3.8, 4) is 0 Å². The lowest BCUT2D eigenvalue weighted by molar-refractivity contribution is 0.0378. The van der Waals surface area contributed by atoms with Crippen LogP contribution < -0.4 is 5.73 Å². The van der Waals surface area contributed by atoms with E-state index in [1.165, 1.54) is 11.8 Å². The van der Waals surface area contributed by atoms with Gasteiger partial charge < -0.3 is 10.5 Å². The standard InChI is InChI=1S/C17H18N4O2S/c1-11(2)23-16(22)13-5-3-4-12(8-13)10-24-17-20-19-15-7-6-14(18)9-21(15)17/h3-9,11H,10,18H2,1-2H3. The maximum atomic E-state index is 12.0. The molecule has 7 heteroatoms. The van der Waals surface area contributed by atoms with Crippen molar-refractivity contribution >= 4 is 29.1 Å². The van der Waals surface area contributed by atoms with Gasteiger partial charge in [0, 0.05) is 17.6 Å². The summed E-state index contributed by atoms with van der Waals surface area (Å²) in [6.07, 6.45) is 1.66. The number of rotatable bonds is 5. The molecule has 0 aliphatic carbocycles. The van der Waals surface area contributed by atoms with E-state index in [2.05, 4.69) is 10.2 Å². The van der Waals surface area contributed by atoms with Gasteiger partial charge in [0.1, 0.15) is 0 Å². The van der Waals surface area contributed by atoms with E-state index in [4.69, 9.17) is 10.5 Å². The Morgan fingerprint density at radius 1 is 1.29 bits per heavy atom. The Kier molecular flexibility index (Phi) is 4.71. The van der Waals surface area contributed by atoms with E-state index in [0.717, 1.165) is 16.4 Å². The summed E-state index contributed by atoms with van der Waals surface area (Å²) in [7, 11) is 0. The number of aromatic nitrogens is 3. The largest absolute Gasteiger partial charge is 0.459 e. The summed E-state index contributed by atoms with van der Waals surface area (Å²) in [4.78, 5) is 12.0. The molecular weight excluding hydrogens is 324 g/mol. The number of carbonyl (C=O) groups excluding carboxylic acids is 1. The normalized spacial score (nSPS) is 11.1. The Bertz CT molecular complexity index is 876. The molecule has 124 valence electrons. The molecule has 0 bridgehead atoms. The lowest BCUT2D eigenvalue weighted by Crippen LogP contribution is -2.11. The fourth-order valence-electron chi connectivity index (χ4n) is 2.20. The molecule has 1 aromatic carbocycles. The molecule has 2 heterocycles. The minimum atomic E-state index is -0.308. The second kappa shape index (κ2) is 6.92. The fourth-order valence-corrected chi connectivity index (χ4v) is 3.06. The molecule has 0 saturated heterocycles. The predicted octanol–water partition coefficient (Wildman–Crippen LogP) is 3.17. The number of nitrogen functional groups attached to an aromatic ring is 1. The molecule has 3 rings (SSSR count). The maximum Gasteiger partial charge on any atom is 0.338 e. The first-order valence-electron chi connectivity index (χ1n) is 7.56. The highest BCUT2D eigenvalue weighted by Gasteiger charge is 2.11. The summed E-state index contributed by atoms with van der Waals surface area (Å²) in [6, 6.07) is 11.0. The number of anilines is 1. The van der Waals surface area contributed by atoms with Gasteiger partial charge in [-0.25, -0.2) is 4.79 Å². The molecule has 2 N–H and O–H groups in total. The smallest absolute Gasteiger partial charge is 0.338 e. The van der Waals surface area contributed by atoms with Gasteiger partial charge in [-0.2, -0.15) is 0 Å². The number of hydrogen-bond donors (Lipinski definition) is 1. The highest BCUT2D eigenvalue weighted by Crippen LogP contribution is 2.23. The Balaban J connectivity index is 1.74. The molecule has 0 radical (unpaired) electrons. The Hall–Kier alpha value is -2.54. The lowest BCUT2D eigenvalue weighted by atomic mass is 10.1. The molecule has 0 atom stereocenters. The van der Waals surface area contributed by atoms with Crippen LogP contribution in [0.15, 0.2) is 47.8 Å². The van der Waals surface area contributed by atoms with E-state index >= 15 is 0 Å². The minimum absolute atomic E-state index is 0.136. The van der Waals surface area contributed by atoms with Gasteiger partial charge in [-0.05, 0) is 43.7 Å². The van der Waals surface area contributed by atoms with Crippen LogP contribution in [0.25, 0.3) is 5.65 Å². The zero-order valence-electron chi connectivity index (χ0n) is 13.5. The van der Waals surface area contributed by atoms with E-state index in [1.54, 1.807) is 18.3 Å². The third kappa shape index (κ3) is 3.68. The monoisotopic (exact) mass is 342 g/mol. The van der Waals surface area contributed by atoms with Gasteiger partial charge in [-0.3, -0.25) is 4.40 Å². The first kappa shape index (κ1) is 16.3. The number of nitrogens with zero attached hydrogens (tertiary/aromatic N) is 3. The molecule has 6 nitrogen and oxygen atoms in total. The van der Waals surface area contributed by atoms with Crippen LogP contribution in [0.5, 0.6) is 0 Å². The van der Waals surface area contributed by atoms with E-state index in [1.807, 2.05) is 42.5 Å². The van der Waals surface area contributed by atoms with Crippen molar-refractivity contribution in [3.63, 3.8) is 0 Å². The van der Waals surface area contributed by atoms with E-state index in [0.29, 0.717) is 17.0 Å². The van der Waals surface area contributed by atoms with E-state index < -0.39 is 0 Å². The van der Waals surface area contributed by atoms with Gasteiger partial charge in [-0.15, -0.1) is 10.2 Å². The molecule has 0 amide bonds. The van der Waals surface area contributed by atoms with Gasteiger partial charge >= 0.3 is 5.97 Å². The number of ether oxygens (including phenoxy) is 1. The number of carbonyl (C=O) groups is 1. The second-order valence-corrected chi connectivity index (χ2v) is 6.56. The third-order valence-corrected chi connectivity index (χ3v) is 4.28. The number of esters is 1. The van der Waals surface area contributed by atoms with Crippen LogP contribution in [-0.4, -0.2) is 26.7 Å². The van der Waals surface area contributed by atoms with Gasteiger partial charge in [0.05, 0.1) is 11.7 Å². The topological polar surface area (TPSA) is 82.5 Å². The van der Waals surface area contributed by atoms with Crippen molar-refractivity contribution in [2.45, 2.75) is 30.9 Å². The van der Waals surface area contributed by atoms with Crippen LogP contribution in [0, 0.1) is 0 Å². The molecule has 3 aromatic rings. The van der Waals surface area contributed by atoms with E-state index in [-0.39, 0.29) is 12.1 Å². The van der Waals surface area contributed by atoms with Crippen LogP contribution in [0.2, 0.25) is 0 Å². The molecule has 0 unspecified atom stereocenters. The molecule has 24 heavy (non-hydrogen) atoms. The van der Waals surface area contributed by atoms with Crippen molar-refractivity contribution in [1.29, 1.82) is 0 Å². The predicted molar refractivity (Wildman–Crippen MR) is 94.0 cm³/mol. The quantitative estimate of drug-likeness (QED) is 0.566. The van der Waals surface area contributed by atoms with Crippen LogP contribution in [0.4, 0.5) is 5.69 Å². The van der Waals surface area contributed by atoms with Crippen LogP contribution >= 0.6 is 11.8 Å². The van der Waals surface area contributed by atoms with Crippen molar-refractivity contribution in [3.05, 3.63) is 53.7 Å². The summed E-state index contributed by atoms with van der Waals surface area (Å²) in [5.74, 6) is 0.357. The molecule has 0 aliphatic rings. The number of thioether (sulfide) groups is 1. The minimum Gasteiger partial charge on any atom is -0.459 e. The van der Waals surface area contributed by atoms with Crippen LogP contribution in [0.1, 0.15) is 29.8 Å². The second-order valence-electron chi connectivity index (χ2n) is 5.62. The Morgan fingerprint density at radius 2 is 2.12 bits per heavy atom. The maximum absolute atomic E-state index is 12.0. The van der Waals surface area contributed by atoms with Crippen molar-refractivity contribution in [2.75, 3.05) is 5.73 Å². The SMILES string of the molecule is CC(C)OC(=O)c1cccc(CSc2nnc3ccc(N)cn23)c1. The fraction of sp³-hybridized carbons (Fsp3) is 0.235. The number of fused-ring (bicyclic) bond motifs is 1. The summed E-state index contributed by atoms with van der Waals surface area (Å²) < 4.78 is 7.08. The first-order valence-corrected chi connectivity index (χ1v) is 8.54. The zero-order chi connectivity index (χ0) is 17.1. The van der Waals surface area contributed by atoms with Gasteiger partial charge in [0.15, 0.2) is 10.8 Å². The number of hydrogen-bond acceptors (Lipinski definition) is 6. The average Bonchev–Trinajstić information content (AvgIpc) is 2.95. The van der Waals surface area contributed by atoms with Gasteiger partial charge in [0.2, 0.25) is 0 Å². The number of benzene rings is 1. The summed E-state index contributed by atoms with van der Waals surface area (Å²) in [6.45, 7) is 3.67. The Labute approximate surface area is 144 Å². The Morgan fingerprint density at radius 3 is 2.92 bits per heavy atom. The van der Waals surface area contributed by atoms with Crippen molar-refractivity contribution < 1.29 is 9.53 Å². The molecule has 0 spiro atoms. The molecule has 0 aliphatic heterocycles. The van der Waals surface area contributed by atoms with Crippen molar-refractivity contribution in [1.82, 2.24) is 14.6 Å². The molecule has 0 fully saturated rings. The summed E-state index contributed by atoms with van der Waals surface area (Å²) in [5, 5.41) is 9.05.